The van der Waals surface area contributed by atoms with Crippen molar-refractivity contribution < 1.29 is 9.13 Å². The van der Waals surface area contributed by atoms with E-state index in [-0.39, 0.29) is 11.9 Å². The first-order chi connectivity index (χ1) is 14.6. The van der Waals surface area contributed by atoms with Crippen LogP contribution in [0, 0.1) is 5.82 Å². The maximum atomic E-state index is 14.3. The van der Waals surface area contributed by atoms with Crippen molar-refractivity contribution in [2.45, 2.75) is 19.5 Å². The highest BCUT2D eigenvalue weighted by Gasteiger charge is 2.23. The number of benzene rings is 1. The van der Waals surface area contributed by atoms with E-state index < -0.39 is 0 Å². The van der Waals surface area contributed by atoms with Gasteiger partial charge in [-0.2, -0.15) is 0 Å². The second kappa shape index (κ2) is 11.3. The van der Waals surface area contributed by atoms with Gasteiger partial charge in [-0.25, -0.2) is 9.38 Å². The number of hydrogen-bond acceptors (Lipinski definition) is 5. The van der Waals surface area contributed by atoms with Crippen molar-refractivity contribution in [1.82, 2.24) is 15.5 Å². The first-order valence-electron chi connectivity index (χ1n) is 10.4. The van der Waals surface area contributed by atoms with Gasteiger partial charge in [0.25, 0.3) is 0 Å². The van der Waals surface area contributed by atoms with Crippen LogP contribution in [0.15, 0.2) is 40.7 Å². The van der Waals surface area contributed by atoms with Crippen LogP contribution < -0.4 is 15.5 Å². The minimum absolute atomic E-state index is 0.226. The van der Waals surface area contributed by atoms with Crippen LogP contribution in [0.1, 0.15) is 23.4 Å². The van der Waals surface area contributed by atoms with E-state index in [1.807, 2.05) is 27.1 Å². The zero-order valence-corrected chi connectivity index (χ0v) is 18.8. The molecular formula is C22H32FN5OS. The Morgan fingerprint density at radius 3 is 2.70 bits per heavy atom. The lowest BCUT2D eigenvalue weighted by molar-refractivity contribution is 0.0177. The van der Waals surface area contributed by atoms with Crippen LogP contribution in [0.25, 0.3) is 0 Å². The Hall–Kier alpha value is -2.16. The SMILES string of the molecule is CCNC(=NCc1ccc(N(C)C)c(F)c1)NCC(c1cccs1)N1CCOCC1. The first-order valence-corrected chi connectivity index (χ1v) is 11.3. The Morgan fingerprint density at radius 1 is 1.27 bits per heavy atom. The van der Waals surface area contributed by atoms with Gasteiger partial charge in [0.1, 0.15) is 5.82 Å². The molecule has 0 radical (unpaired) electrons. The van der Waals surface area contributed by atoms with E-state index in [4.69, 9.17) is 4.74 Å². The van der Waals surface area contributed by atoms with E-state index in [1.165, 1.54) is 4.88 Å². The van der Waals surface area contributed by atoms with E-state index in [9.17, 15) is 4.39 Å². The first kappa shape index (κ1) is 22.5. The zero-order chi connectivity index (χ0) is 21.3. The summed E-state index contributed by atoms with van der Waals surface area (Å²) in [6, 6.07) is 9.84. The Morgan fingerprint density at radius 2 is 2.07 bits per heavy atom. The van der Waals surface area contributed by atoms with Crippen molar-refractivity contribution in [2.24, 2.45) is 4.99 Å². The van der Waals surface area contributed by atoms with E-state index in [0.29, 0.717) is 12.2 Å². The maximum absolute atomic E-state index is 14.3. The van der Waals surface area contributed by atoms with E-state index in [1.54, 1.807) is 28.4 Å². The van der Waals surface area contributed by atoms with Gasteiger partial charge in [-0.1, -0.05) is 12.1 Å². The average molecular weight is 434 g/mol. The molecule has 0 spiro atoms. The Balaban J connectivity index is 1.66. The average Bonchev–Trinajstić information content (AvgIpc) is 3.27. The normalized spacial score (nSPS) is 16.3. The van der Waals surface area contributed by atoms with Crippen molar-refractivity contribution in [3.63, 3.8) is 0 Å². The van der Waals surface area contributed by atoms with Gasteiger partial charge in [0.15, 0.2) is 5.96 Å². The standard InChI is InChI=1S/C22H32FN5OS/c1-4-24-22(25-15-17-7-8-19(27(2)3)18(23)14-17)26-16-20(21-6-5-13-30-21)28-9-11-29-12-10-28/h5-8,13-14,20H,4,9-12,15-16H2,1-3H3,(H2,24,25,26). The number of guanidine groups is 1. The van der Waals surface area contributed by atoms with E-state index >= 15 is 0 Å². The van der Waals surface area contributed by atoms with Gasteiger partial charge < -0.3 is 20.3 Å². The number of anilines is 1. The fraction of sp³-hybridized carbons (Fsp3) is 0.500. The molecule has 1 unspecified atom stereocenters. The molecule has 0 bridgehead atoms. The van der Waals surface area contributed by atoms with Crippen molar-refractivity contribution in [1.29, 1.82) is 0 Å². The van der Waals surface area contributed by atoms with Gasteiger partial charge in [-0.3, -0.25) is 4.90 Å². The largest absolute Gasteiger partial charge is 0.379 e. The van der Waals surface area contributed by atoms with Crippen LogP contribution in [0.5, 0.6) is 0 Å². The summed E-state index contributed by atoms with van der Waals surface area (Å²) in [5, 5.41) is 8.90. The number of aliphatic imine (C=N–C) groups is 1. The molecule has 0 saturated carbocycles. The lowest BCUT2D eigenvalue weighted by Gasteiger charge is -2.34. The summed E-state index contributed by atoms with van der Waals surface area (Å²) >= 11 is 1.78. The molecule has 1 aromatic heterocycles. The fourth-order valence-corrected chi connectivity index (χ4v) is 4.36. The highest BCUT2D eigenvalue weighted by atomic mass is 32.1. The van der Waals surface area contributed by atoms with Crippen molar-refractivity contribution in [3.8, 4) is 0 Å². The molecule has 164 valence electrons. The fourth-order valence-electron chi connectivity index (χ4n) is 3.50. The molecule has 0 amide bonds. The van der Waals surface area contributed by atoms with Crippen LogP contribution in [0.2, 0.25) is 0 Å². The van der Waals surface area contributed by atoms with Gasteiger partial charge >= 0.3 is 0 Å². The minimum Gasteiger partial charge on any atom is -0.379 e. The van der Waals surface area contributed by atoms with Gasteiger partial charge in [0, 0.05) is 45.2 Å². The van der Waals surface area contributed by atoms with Crippen molar-refractivity contribution in [2.75, 3.05) is 58.4 Å². The number of halogens is 1. The number of morpholine rings is 1. The molecule has 0 aliphatic carbocycles. The third-order valence-corrected chi connectivity index (χ3v) is 6.05. The van der Waals surface area contributed by atoms with Crippen LogP contribution in [-0.4, -0.2) is 64.3 Å². The summed E-state index contributed by atoms with van der Waals surface area (Å²) in [4.78, 5) is 10.2. The number of hydrogen-bond donors (Lipinski definition) is 2. The minimum atomic E-state index is -0.226. The number of ether oxygens (including phenoxy) is 1. The summed E-state index contributed by atoms with van der Waals surface area (Å²) in [6.07, 6.45) is 0. The molecule has 1 atom stereocenters. The number of rotatable bonds is 8. The molecule has 1 aliphatic rings. The molecule has 1 saturated heterocycles. The van der Waals surface area contributed by atoms with Gasteiger partial charge in [0.2, 0.25) is 0 Å². The van der Waals surface area contributed by atoms with Gasteiger partial charge in [-0.15, -0.1) is 11.3 Å². The van der Waals surface area contributed by atoms with Crippen LogP contribution in [0.4, 0.5) is 10.1 Å². The summed E-state index contributed by atoms with van der Waals surface area (Å²) < 4.78 is 19.8. The molecule has 2 aromatic rings. The predicted molar refractivity (Wildman–Crippen MR) is 123 cm³/mol. The highest BCUT2D eigenvalue weighted by Crippen LogP contribution is 2.25. The number of nitrogens with one attached hydrogen (secondary N) is 2. The smallest absolute Gasteiger partial charge is 0.191 e. The topological polar surface area (TPSA) is 52.1 Å². The molecule has 30 heavy (non-hydrogen) atoms. The molecular weight excluding hydrogens is 401 g/mol. The maximum Gasteiger partial charge on any atom is 0.191 e. The molecule has 8 heteroatoms. The second-order valence-corrected chi connectivity index (χ2v) is 8.42. The van der Waals surface area contributed by atoms with Crippen LogP contribution in [-0.2, 0) is 11.3 Å². The van der Waals surface area contributed by atoms with Crippen LogP contribution >= 0.6 is 11.3 Å². The monoisotopic (exact) mass is 433 g/mol. The van der Waals surface area contributed by atoms with Crippen LogP contribution in [0.3, 0.4) is 0 Å². The quantitative estimate of drug-likeness (QED) is 0.495. The van der Waals surface area contributed by atoms with Crippen molar-refractivity contribution in [3.05, 3.63) is 52.0 Å². The molecule has 1 fully saturated rings. The van der Waals surface area contributed by atoms with E-state index in [2.05, 4.69) is 38.0 Å². The third-order valence-electron chi connectivity index (χ3n) is 5.08. The summed E-state index contributed by atoms with van der Waals surface area (Å²) in [5.74, 6) is 0.514. The molecule has 2 N–H and O–H groups in total. The zero-order valence-electron chi connectivity index (χ0n) is 18.0. The number of thiophene rings is 1. The van der Waals surface area contributed by atoms with Crippen molar-refractivity contribution >= 4 is 23.0 Å². The summed E-state index contributed by atoms with van der Waals surface area (Å²) in [5.41, 5.74) is 1.43. The third kappa shape index (κ3) is 6.17. The Bertz CT molecular complexity index is 806. The Labute approximate surface area is 182 Å². The van der Waals surface area contributed by atoms with E-state index in [0.717, 1.165) is 50.9 Å². The molecule has 2 heterocycles. The summed E-state index contributed by atoms with van der Waals surface area (Å²) in [6.45, 7) is 7.36. The van der Waals surface area contributed by atoms with Gasteiger partial charge in [-0.05, 0) is 36.1 Å². The predicted octanol–water partition coefficient (Wildman–Crippen LogP) is 3.08. The molecule has 3 rings (SSSR count). The van der Waals surface area contributed by atoms with Gasteiger partial charge in [0.05, 0.1) is 31.5 Å². The highest BCUT2D eigenvalue weighted by molar-refractivity contribution is 7.10. The molecule has 1 aliphatic heterocycles. The second-order valence-electron chi connectivity index (χ2n) is 7.44. The number of nitrogens with zero attached hydrogens (tertiary/aromatic N) is 3. The Kier molecular flexibility index (Phi) is 8.48. The lowest BCUT2D eigenvalue weighted by Crippen LogP contribution is -2.46. The summed E-state index contributed by atoms with van der Waals surface area (Å²) in [7, 11) is 3.67. The lowest BCUT2D eigenvalue weighted by atomic mass is 10.2. The molecule has 1 aromatic carbocycles. The molecule has 6 nitrogen and oxygen atoms in total.